The molecule has 1 N–H and O–H groups in total. The molecule has 0 fully saturated rings. The first-order chi connectivity index (χ1) is 28.2. The first-order valence-corrected chi connectivity index (χ1v) is 19.2. The third-order valence-corrected chi connectivity index (χ3v) is 11.3. The van der Waals surface area contributed by atoms with Gasteiger partial charge in [-0.05, 0) is 89.5 Å². The summed E-state index contributed by atoms with van der Waals surface area (Å²) >= 11 is 0. The first kappa shape index (κ1) is 31.6. The molecule has 0 radical (unpaired) electrons. The second kappa shape index (κ2) is 12.4. The van der Waals surface area contributed by atoms with E-state index in [0.29, 0.717) is 5.84 Å². The number of fused-ring (bicyclic) bond motifs is 9. The van der Waals surface area contributed by atoms with Crippen molar-refractivity contribution in [3.05, 3.63) is 199 Å². The molecule has 11 aromatic rings. The summed E-state index contributed by atoms with van der Waals surface area (Å²) < 4.78 is 15.0. The number of rotatable bonds is 5. The Labute approximate surface area is 326 Å². The van der Waals surface area contributed by atoms with Crippen molar-refractivity contribution in [1.29, 1.82) is 0 Å². The lowest BCUT2D eigenvalue weighted by molar-refractivity contribution is 0.667. The number of aliphatic imine (C=N–C) groups is 2. The molecule has 1 unspecified atom stereocenters. The molecular weight excluding hydrogens is 701 g/mol. The predicted octanol–water partition coefficient (Wildman–Crippen LogP) is 12.7. The van der Waals surface area contributed by atoms with Gasteiger partial charge in [0, 0.05) is 49.1 Å². The topological polar surface area (TPSA) is 68.0 Å². The summed E-state index contributed by atoms with van der Waals surface area (Å²) in [5.41, 5.74) is 12.0. The van der Waals surface area contributed by atoms with Crippen LogP contribution in [0.3, 0.4) is 0 Å². The van der Waals surface area contributed by atoms with E-state index in [9.17, 15) is 0 Å². The van der Waals surface area contributed by atoms with Gasteiger partial charge in [0.05, 0.1) is 11.0 Å². The van der Waals surface area contributed by atoms with Gasteiger partial charge in [-0.25, -0.2) is 9.98 Å². The second-order valence-electron chi connectivity index (χ2n) is 14.6. The zero-order valence-corrected chi connectivity index (χ0v) is 30.6. The van der Waals surface area contributed by atoms with Gasteiger partial charge < -0.3 is 18.7 Å². The van der Waals surface area contributed by atoms with Gasteiger partial charge in [0.25, 0.3) is 0 Å². The van der Waals surface area contributed by atoms with Gasteiger partial charge in [0.15, 0.2) is 5.84 Å². The van der Waals surface area contributed by atoms with Crippen LogP contribution in [-0.4, -0.2) is 16.2 Å². The summed E-state index contributed by atoms with van der Waals surface area (Å²) in [4.78, 5) is 10.4. The largest absolute Gasteiger partial charge is 0.456 e. The molecular formula is C51H32N4O2. The highest BCUT2D eigenvalue weighted by atomic mass is 16.3. The molecule has 1 atom stereocenters. The lowest BCUT2D eigenvalue weighted by atomic mass is 10.00. The molecule has 57 heavy (non-hydrogen) atoms. The molecule has 0 spiro atoms. The smallest absolute Gasteiger partial charge is 0.160 e. The number of aromatic nitrogens is 1. The standard InChI is InChI=1S/C51H32N4O2/c1-3-12-31(13-4-1)49-52-50(54-51(53-49)38-18-11-21-47-48(38)37-17-8-10-20-44(37)57-47)34-24-27-46-41(30-34)40-29-33(23-26-45(40)56-46)32-22-25-43-39(28-32)36-16-7-9-19-42(36)55(43)35-14-5-2-6-15-35/h1-30,49H,(H,52,53,54). The number of furan rings is 2. The average molecular weight is 733 g/mol. The van der Waals surface area contributed by atoms with Crippen LogP contribution in [0.15, 0.2) is 201 Å². The predicted molar refractivity (Wildman–Crippen MR) is 233 cm³/mol. The fourth-order valence-corrected chi connectivity index (χ4v) is 8.59. The van der Waals surface area contributed by atoms with Gasteiger partial charge in [-0.15, -0.1) is 0 Å². The zero-order chi connectivity index (χ0) is 37.5. The Balaban J connectivity index is 0.987. The number of hydrogen-bond donors (Lipinski definition) is 1. The maximum Gasteiger partial charge on any atom is 0.160 e. The van der Waals surface area contributed by atoms with Gasteiger partial charge in [-0.2, -0.15) is 0 Å². The number of para-hydroxylation sites is 3. The molecule has 8 aromatic carbocycles. The molecule has 0 aliphatic carbocycles. The minimum absolute atomic E-state index is 0.340. The van der Waals surface area contributed by atoms with Gasteiger partial charge in [0.1, 0.15) is 34.3 Å². The lowest BCUT2D eigenvalue weighted by Gasteiger charge is -2.24. The van der Waals surface area contributed by atoms with Crippen LogP contribution >= 0.6 is 0 Å². The van der Waals surface area contributed by atoms with Crippen LogP contribution in [-0.2, 0) is 0 Å². The Kier molecular flexibility index (Phi) is 6.89. The van der Waals surface area contributed by atoms with Crippen molar-refractivity contribution in [3.8, 4) is 16.8 Å². The normalized spacial score (nSPS) is 14.5. The number of nitrogens with one attached hydrogen (secondary N) is 1. The summed E-state index contributed by atoms with van der Waals surface area (Å²) in [6.07, 6.45) is -0.340. The van der Waals surface area contributed by atoms with Crippen LogP contribution in [0.2, 0.25) is 0 Å². The number of amidine groups is 2. The van der Waals surface area contributed by atoms with E-state index in [1.54, 1.807) is 0 Å². The van der Waals surface area contributed by atoms with Crippen LogP contribution in [0, 0.1) is 0 Å². The van der Waals surface area contributed by atoms with Crippen molar-refractivity contribution >= 4 is 77.4 Å². The van der Waals surface area contributed by atoms with E-state index in [0.717, 1.165) is 83.2 Å². The molecule has 6 nitrogen and oxygen atoms in total. The van der Waals surface area contributed by atoms with Crippen LogP contribution in [0.4, 0.5) is 0 Å². The second-order valence-corrected chi connectivity index (χ2v) is 14.6. The summed E-state index contributed by atoms with van der Waals surface area (Å²) in [7, 11) is 0. The van der Waals surface area contributed by atoms with Crippen molar-refractivity contribution in [1.82, 2.24) is 9.88 Å². The fraction of sp³-hybridized carbons (Fsp3) is 0.0196. The van der Waals surface area contributed by atoms with Crippen LogP contribution in [0.5, 0.6) is 0 Å². The van der Waals surface area contributed by atoms with E-state index < -0.39 is 0 Å². The summed E-state index contributed by atoms with van der Waals surface area (Å²) in [5, 5.41) is 10.2. The molecule has 0 amide bonds. The summed E-state index contributed by atoms with van der Waals surface area (Å²) in [6, 6.07) is 63.4. The number of nitrogens with zero attached hydrogens (tertiary/aromatic N) is 3. The number of hydrogen-bond acceptors (Lipinski definition) is 5. The Hall–Kier alpha value is -7.70. The van der Waals surface area contributed by atoms with Gasteiger partial charge in [-0.3, -0.25) is 0 Å². The molecule has 0 bridgehead atoms. The monoisotopic (exact) mass is 732 g/mol. The highest BCUT2D eigenvalue weighted by Gasteiger charge is 2.24. The molecule has 268 valence electrons. The zero-order valence-electron chi connectivity index (χ0n) is 30.6. The maximum absolute atomic E-state index is 6.43. The molecule has 1 aliphatic rings. The summed E-state index contributed by atoms with van der Waals surface area (Å²) in [6.45, 7) is 0. The van der Waals surface area contributed by atoms with Crippen molar-refractivity contribution < 1.29 is 8.83 Å². The number of benzene rings is 8. The van der Waals surface area contributed by atoms with Crippen molar-refractivity contribution in [2.24, 2.45) is 9.98 Å². The van der Waals surface area contributed by atoms with E-state index in [-0.39, 0.29) is 6.17 Å². The lowest BCUT2D eigenvalue weighted by Crippen LogP contribution is -2.33. The van der Waals surface area contributed by atoms with E-state index in [1.807, 2.05) is 54.6 Å². The molecule has 0 saturated carbocycles. The molecule has 1 aliphatic heterocycles. The van der Waals surface area contributed by atoms with Gasteiger partial charge >= 0.3 is 0 Å². The Bertz CT molecular complexity index is 3440. The quantitative estimate of drug-likeness (QED) is 0.192. The van der Waals surface area contributed by atoms with Gasteiger partial charge in [-0.1, -0.05) is 109 Å². The van der Waals surface area contributed by atoms with Crippen molar-refractivity contribution in [2.75, 3.05) is 0 Å². The molecule has 0 saturated heterocycles. The Morgan fingerprint density at radius 2 is 1.05 bits per heavy atom. The van der Waals surface area contributed by atoms with E-state index in [4.69, 9.17) is 18.8 Å². The molecule has 6 heteroatoms. The highest BCUT2D eigenvalue weighted by molar-refractivity contribution is 6.22. The van der Waals surface area contributed by atoms with Crippen LogP contribution < -0.4 is 5.32 Å². The van der Waals surface area contributed by atoms with Gasteiger partial charge in [0.2, 0.25) is 0 Å². The Morgan fingerprint density at radius 3 is 1.88 bits per heavy atom. The summed E-state index contributed by atoms with van der Waals surface area (Å²) in [5.74, 6) is 1.39. The van der Waals surface area contributed by atoms with E-state index >= 15 is 0 Å². The molecule has 4 heterocycles. The molecule has 12 rings (SSSR count). The minimum atomic E-state index is -0.340. The molecule has 3 aromatic heterocycles. The average Bonchev–Trinajstić information content (AvgIpc) is 3.95. The van der Waals surface area contributed by atoms with E-state index in [2.05, 4.69) is 137 Å². The van der Waals surface area contributed by atoms with Crippen LogP contribution in [0.25, 0.3) is 82.5 Å². The maximum atomic E-state index is 6.43. The van der Waals surface area contributed by atoms with E-state index in [1.165, 1.54) is 21.8 Å². The van der Waals surface area contributed by atoms with Crippen molar-refractivity contribution in [2.45, 2.75) is 6.17 Å². The third-order valence-electron chi connectivity index (χ3n) is 11.3. The third kappa shape index (κ3) is 5.04. The first-order valence-electron chi connectivity index (χ1n) is 19.2. The van der Waals surface area contributed by atoms with Crippen LogP contribution in [0.1, 0.15) is 22.9 Å². The van der Waals surface area contributed by atoms with Crippen molar-refractivity contribution in [3.63, 3.8) is 0 Å². The fourth-order valence-electron chi connectivity index (χ4n) is 8.59. The Morgan fingerprint density at radius 1 is 0.456 bits per heavy atom. The highest BCUT2D eigenvalue weighted by Crippen LogP contribution is 2.38. The SMILES string of the molecule is c1ccc(C2N=C(c3cccc4oc5ccccc5c34)N=C(c3ccc4oc5ccc(-c6ccc7c(c6)c6ccccc6n7-c6ccccc6)cc5c4c3)N2)cc1. The minimum Gasteiger partial charge on any atom is -0.456 e.